The first-order chi connectivity index (χ1) is 14.3. The van der Waals surface area contributed by atoms with Crippen molar-refractivity contribution in [2.75, 3.05) is 24.8 Å². The van der Waals surface area contributed by atoms with Crippen molar-refractivity contribution in [2.24, 2.45) is 0 Å². The molecule has 1 aliphatic rings. The van der Waals surface area contributed by atoms with Crippen LogP contribution in [0.4, 0.5) is 5.69 Å². The van der Waals surface area contributed by atoms with E-state index in [1.54, 1.807) is 25.1 Å². The molecule has 0 saturated heterocycles. The van der Waals surface area contributed by atoms with Crippen LogP contribution < -0.4 is 19.1 Å². The number of benzene rings is 2. The third-order valence-electron chi connectivity index (χ3n) is 5.40. The van der Waals surface area contributed by atoms with E-state index >= 15 is 0 Å². The first-order valence-corrected chi connectivity index (χ1v) is 11.7. The minimum atomic E-state index is -3.78. The molecular formula is C22H28N2O5S. The number of amides is 1. The zero-order chi connectivity index (χ0) is 21.9. The number of hydrogen-bond acceptors (Lipinski definition) is 5. The highest BCUT2D eigenvalue weighted by atomic mass is 32.2. The molecule has 0 bridgehead atoms. The molecular weight excluding hydrogens is 404 g/mol. The summed E-state index contributed by atoms with van der Waals surface area (Å²) in [5.41, 5.74) is 2.57. The molecule has 162 valence electrons. The molecule has 1 aliphatic carbocycles. The van der Waals surface area contributed by atoms with Crippen molar-refractivity contribution in [1.82, 2.24) is 5.32 Å². The lowest BCUT2D eigenvalue weighted by atomic mass is 9.87. The Morgan fingerprint density at radius 2 is 1.90 bits per heavy atom. The van der Waals surface area contributed by atoms with Gasteiger partial charge < -0.3 is 14.8 Å². The van der Waals surface area contributed by atoms with Crippen molar-refractivity contribution >= 4 is 21.6 Å². The second-order valence-corrected chi connectivity index (χ2v) is 9.28. The summed E-state index contributed by atoms with van der Waals surface area (Å²) in [6.07, 6.45) is 3.84. The molecule has 0 unspecified atom stereocenters. The van der Waals surface area contributed by atoms with Gasteiger partial charge in [-0.2, -0.15) is 0 Å². The topological polar surface area (TPSA) is 84.9 Å². The first kappa shape index (κ1) is 22.0. The standard InChI is InChI=1S/C22H28N2O5S/c1-15(22(25)23-19-11-7-9-16-8-5-6-10-18(16)19)24(30(4,26)27)20-14-17(28-2)12-13-21(20)29-3/h5-6,8,10,12-15,19H,7,9,11H2,1-4H3,(H,23,25)/t15-,19-/m1/s1. The molecule has 3 rings (SSSR count). The summed E-state index contributed by atoms with van der Waals surface area (Å²) >= 11 is 0. The summed E-state index contributed by atoms with van der Waals surface area (Å²) in [7, 11) is -0.837. The highest BCUT2D eigenvalue weighted by molar-refractivity contribution is 7.92. The number of aryl methyl sites for hydroxylation is 1. The average Bonchev–Trinajstić information content (AvgIpc) is 2.73. The summed E-state index contributed by atoms with van der Waals surface area (Å²) in [5.74, 6) is 0.434. The van der Waals surface area contributed by atoms with E-state index in [0.717, 1.165) is 35.4 Å². The number of carbonyl (C=O) groups excluding carboxylic acids is 1. The zero-order valence-corrected chi connectivity index (χ0v) is 18.5. The fourth-order valence-corrected chi connectivity index (χ4v) is 5.12. The number of nitrogens with zero attached hydrogens (tertiary/aromatic N) is 1. The second kappa shape index (κ2) is 8.95. The predicted molar refractivity (Wildman–Crippen MR) is 117 cm³/mol. The van der Waals surface area contributed by atoms with Crippen molar-refractivity contribution in [1.29, 1.82) is 0 Å². The van der Waals surface area contributed by atoms with E-state index in [-0.39, 0.29) is 17.6 Å². The number of fused-ring (bicyclic) bond motifs is 1. The largest absolute Gasteiger partial charge is 0.497 e. The molecule has 0 fully saturated rings. The van der Waals surface area contributed by atoms with Crippen molar-refractivity contribution < 1.29 is 22.7 Å². The fraction of sp³-hybridized carbons (Fsp3) is 0.409. The van der Waals surface area contributed by atoms with Gasteiger partial charge in [0.05, 0.1) is 32.2 Å². The van der Waals surface area contributed by atoms with E-state index in [1.165, 1.54) is 19.8 Å². The maximum absolute atomic E-state index is 13.1. The van der Waals surface area contributed by atoms with Crippen LogP contribution in [0.15, 0.2) is 42.5 Å². The van der Waals surface area contributed by atoms with Crippen molar-refractivity contribution in [2.45, 2.75) is 38.3 Å². The quantitative estimate of drug-likeness (QED) is 0.727. The average molecular weight is 433 g/mol. The number of anilines is 1. The number of rotatable bonds is 7. The Balaban J connectivity index is 1.92. The van der Waals surface area contributed by atoms with Gasteiger partial charge in [0.1, 0.15) is 17.5 Å². The molecule has 2 aromatic carbocycles. The summed E-state index contributed by atoms with van der Waals surface area (Å²) in [6.45, 7) is 1.57. The molecule has 2 atom stereocenters. The van der Waals surface area contributed by atoms with Gasteiger partial charge >= 0.3 is 0 Å². The van der Waals surface area contributed by atoms with Crippen LogP contribution in [-0.4, -0.2) is 40.8 Å². The van der Waals surface area contributed by atoms with Crippen LogP contribution in [0.25, 0.3) is 0 Å². The smallest absolute Gasteiger partial charge is 0.244 e. The molecule has 2 aromatic rings. The van der Waals surface area contributed by atoms with Crippen LogP contribution in [0, 0.1) is 0 Å². The molecule has 0 radical (unpaired) electrons. The Morgan fingerprint density at radius 1 is 1.17 bits per heavy atom. The summed E-state index contributed by atoms with van der Waals surface area (Å²) in [6, 6.07) is 11.8. The van der Waals surface area contributed by atoms with Crippen LogP contribution in [0.1, 0.15) is 36.9 Å². The van der Waals surface area contributed by atoms with Gasteiger partial charge in [-0.25, -0.2) is 8.42 Å². The van der Waals surface area contributed by atoms with Crippen LogP contribution >= 0.6 is 0 Å². The van der Waals surface area contributed by atoms with E-state index in [9.17, 15) is 13.2 Å². The summed E-state index contributed by atoms with van der Waals surface area (Å²) < 4.78 is 37.0. The van der Waals surface area contributed by atoms with Crippen LogP contribution in [0.3, 0.4) is 0 Å². The predicted octanol–water partition coefficient (Wildman–Crippen LogP) is 3.05. The van der Waals surface area contributed by atoms with Gasteiger partial charge in [0.15, 0.2) is 0 Å². The molecule has 7 nitrogen and oxygen atoms in total. The Kier molecular flexibility index (Phi) is 6.55. The molecule has 0 aliphatic heterocycles. The lowest BCUT2D eigenvalue weighted by Gasteiger charge is -2.32. The van der Waals surface area contributed by atoms with E-state index in [2.05, 4.69) is 11.4 Å². The molecule has 0 spiro atoms. The van der Waals surface area contributed by atoms with Gasteiger partial charge in [-0.15, -0.1) is 0 Å². The lowest BCUT2D eigenvalue weighted by Crippen LogP contribution is -2.49. The minimum Gasteiger partial charge on any atom is -0.497 e. The van der Waals surface area contributed by atoms with Gasteiger partial charge in [-0.3, -0.25) is 9.10 Å². The SMILES string of the molecule is COc1ccc(OC)c(N([C@H](C)C(=O)N[C@@H]2CCCc3ccccc32)S(C)(=O)=O)c1. The van der Waals surface area contributed by atoms with Gasteiger partial charge in [0.2, 0.25) is 15.9 Å². The number of methoxy groups -OCH3 is 2. The first-order valence-electron chi connectivity index (χ1n) is 9.86. The molecule has 0 heterocycles. The number of sulfonamides is 1. The fourth-order valence-electron chi connectivity index (χ4n) is 3.95. The monoisotopic (exact) mass is 432 g/mol. The number of carbonyl (C=O) groups is 1. The highest BCUT2D eigenvalue weighted by Gasteiger charge is 2.33. The molecule has 8 heteroatoms. The van der Waals surface area contributed by atoms with Crippen LogP contribution in [0.5, 0.6) is 11.5 Å². The van der Waals surface area contributed by atoms with E-state index in [0.29, 0.717) is 11.5 Å². The Hall–Kier alpha value is -2.74. The van der Waals surface area contributed by atoms with Crippen LogP contribution in [-0.2, 0) is 21.2 Å². The Morgan fingerprint density at radius 3 is 2.57 bits per heavy atom. The summed E-state index contributed by atoms with van der Waals surface area (Å²) in [5, 5.41) is 3.05. The van der Waals surface area contributed by atoms with Crippen molar-refractivity contribution in [3.8, 4) is 11.5 Å². The van der Waals surface area contributed by atoms with Gasteiger partial charge in [0, 0.05) is 6.07 Å². The molecule has 1 N–H and O–H groups in total. The second-order valence-electron chi connectivity index (χ2n) is 7.42. The van der Waals surface area contributed by atoms with Gasteiger partial charge in [-0.1, -0.05) is 24.3 Å². The van der Waals surface area contributed by atoms with Gasteiger partial charge in [0.25, 0.3) is 0 Å². The lowest BCUT2D eigenvalue weighted by molar-refractivity contribution is -0.122. The van der Waals surface area contributed by atoms with E-state index < -0.39 is 16.1 Å². The molecule has 1 amide bonds. The van der Waals surface area contributed by atoms with E-state index in [4.69, 9.17) is 9.47 Å². The molecule has 0 saturated carbocycles. The third-order valence-corrected chi connectivity index (χ3v) is 6.63. The number of ether oxygens (including phenoxy) is 2. The maximum atomic E-state index is 13.1. The van der Waals surface area contributed by atoms with Gasteiger partial charge in [-0.05, 0) is 49.4 Å². The molecule has 30 heavy (non-hydrogen) atoms. The normalized spacial score (nSPS) is 16.9. The third kappa shape index (κ3) is 4.53. The molecule has 0 aromatic heterocycles. The highest BCUT2D eigenvalue weighted by Crippen LogP contribution is 2.35. The summed E-state index contributed by atoms with van der Waals surface area (Å²) in [4.78, 5) is 13.1. The zero-order valence-electron chi connectivity index (χ0n) is 17.7. The van der Waals surface area contributed by atoms with Crippen molar-refractivity contribution in [3.05, 3.63) is 53.6 Å². The Bertz CT molecular complexity index is 1020. The number of hydrogen-bond donors (Lipinski definition) is 1. The number of nitrogens with one attached hydrogen (secondary N) is 1. The van der Waals surface area contributed by atoms with Crippen LogP contribution in [0.2, 0.25) is 0 Å². The van der Waals surface area contributed by atoms with Crippen molar-refractivity contribution in [3.63, 3.8) is 0 Å². The van der Waals surface area contributed by atoms with E-state index in [1.807, 2.05) is 18.2 Å². The maximum Gasteiger partial charge on any atom is 0.244 e. The minimum absolute atomic E-state index is 0.140. The Labute approximate surface area is 178 Å².